The van der Waals surface area contributed by atoms with E-state index in [1.54, 1.807) is 0 Å². The molecule has 28 heavy (non-hydrogen) atoms. The molecule has 4 nitrogen and oxygen atoms in total. The average Bonchev–Trinajstić information content (AvgIpc) is 2.64. The maximum absolute atomic E-state index is 11.9. The number of carboxylic acids is 1. The number of nitrogens with zero attached hydrogens (tertiary/aromatic N) is 1. The molecule has 1 unspecified atom stereocenters. The Morgan fingerprint density at radius 2 is 1.54 bits per heavy atom. The largest absolute Gasteiger partial charge is 0.477 e. The lowest BCUT2D eigenvalue weighted by molar-refractivity contribution is -0.961. The first kappa shape index (κ1) is 22.1. The number of aryl methyl sites for hydroxylation is 1. The second-order valence-electron chi connectivity index (χ2n) is 8.41. The van der Waals surface area contributed by atoms with Crippen molar-refractivity contribution in [3.63, 3.8) is 0 Å². The Labute approximate surface area is 169 Å². The van der Waals surface area contributed by atoms with Crippen LogP contribution in [0, 0.1) is 6.92 Å². The lowest BCUT2D eigenvalue weighted by Gasteiger charge is -2.46. The van der Waals surface area contributed by atoms with Gasteiger partial charge >= 0.3 is 5.97 Å². The average molecular weight is 385 g/mol. The molecule has 0 amide bonds. The van der Waals surface area contributed by atoms with Crippen LogP contribution in [0.3, 0.4) is 0 Å². The summed E-state index contributed by atoms with van der Waals surface area (Å²) in [6, 6.07) is 17.9. The Kier molecular flexibility index (Phi) is 7.02. The van der Waals surface area contributed by atoms with Crippen LogP contribution in [0.15, 0.2) is 54.6 Å². The van der Waals surface area contributed by atoms with Crippen LogP contribution in [-0.4, -0.2) is 45.8 Å². The molecule has 2 rings (SSSR count). The van der Waals surface area contributed by atoms with E-state index in [0.717, 1.165) is 16.7 Å². The van der Waals surface area contributed by atoms with Gasteiger partial charge in [-0.3, -0.25) is 0 Å². The number of quaternary nitrogens is 1. The maximum Gasteiger partial charge on any atom is 0.359 e. The molecule has 0 aromatic heterocycles. The normalized spacial score (nSPS) is 14.3. The minimum atomic E-state index is -1.17. The number of carbonyl (C=O) groups is 1. The fourth-order valence-electron chi connectivity index (χ4n) is 4.25. The third kappa shape index (κ3) is 4.62. The van der Waals surface area contributed by atoms with E-state index in [-0.39, 0.29) is 18.6 Å². The topological polar surface area (TPSA) is 57.5 Å². The molecule has 2 aromatic rings. The number of hydrogen-bond donors (Lipinski definition) is 2. The Bertz CT molecular complexity index is 777. The molecule has 0 saturated heterocycles. The van der Waals surface area contributed by atoms with Gasteiger partial charge in [0.15, 0.2) is 6.54 Å². The van der Waals surface area contributed by atoms with E-state index in [1.807, 2.05) is 61.5 Å². The minimum Gasteiger partial charge on any atom is -0.477 e. The van der Waals surface area contributed by atoms with E-state index < -0.39 is 11.6 Å². The maximum atomic E-state index is 11.9. The second kappa shape index (κ2) is 8.89. The highest BCUT2D eigenvalue weighted by atomic mass is 16.4. The van der Waals surface area contributed by atoms with Gasteiger partial charge in [0, 0.05) is 6.42 Å². The Morgan fingerprint density at radius 1 is 0.964 bits per heavy atom. The highest BCUT2D eigenvalue weighted by molar-refractivity contribution is 5.68. The molecule has 1 atom stereocenters. The molecule has 0 radical (unpaired) electrons. The van der Waals surface area contributed by atoms with E-state index in [9.17, 15) is 15.0 Å². The second-order valence-corrected chi connectivity index (χ2v) is 8.41. The summed E-state index contributed by atoms with van der Waals surface area (Å²) in [4.78, 5) is 11.7. The van der Waals surface area contributed by atoms with Crippen LogP contribution in [0.4, 0.5) is 0 Å². The van der Waals surface area contributed by atoms with Crippen molar-refractivity contribution in [1.82, 2.24) is 0 Å². The summed E-state index contributed by atoms with van der Waals surface area (Å²) >= 11 is 0. The molecule has 0 aliphatic rings. The van der Waals surface area contributed by atoms with E-state index in [2.05, 4.69) is 27.7 Å². The van der Waals surface area contributed by atoms with Gasteiger partial charge in [0.2, 0.25) is 0 Å². The van der Waals surface area contributed by atoms with Crippen molar-refractivity contribution >= 4 is 5.97 Å². The molecule has 0 saturated carbocycles. The van der Waals surface area contributed by atoms with Gasteiger partial charge in [0.05, 0.1) is 18.6 Å². The third-order valence-corrected chi connectivity index (χ3v) is 6.12. The van der Waals surface area contributed by atoms with Crippen LogP contribution >= 0.6 is 0 Å². The zero-order valence-electron chi connectivity index (χ0n) is 17.7. The molecule has 0 heterocycles. The summed E-state index contributed by atoms with van der Waals surface area (Å²) in [6.45, 7) is 10.9. The Balaban J connectivity index is 2.49. The first-order valence-electron chi connectivity index (χ1n) is 10.0. The first-order chi connectivity index (χ1) is 13.1. The summed E-state index contributed by atoms with van der Waals surface area (Å²) in [5.74, 6) is -0.804. The van der Waals surface area contributed by atoms with Crippen LogP contribution < -0.4 is 0 Å². The van der Waals surface area contributed by atoms with E-state index in [1.165, 1.54) is 0 Å². The van der Waals surface area contributed by atoms with Crippen molar-refractivity contribution < 1.29 is 19.5 Å². The summed E-state index contributed by atoms with van der Waals surface area (Å²) in [5.41, 5.74) is 1.60. The first-order valence-corrected chi connectivity index (χ1v) is 10.0. The molecule has 2 N–H and O–H groups in total. The predicted octanol–water partition coefficient (Wildman–Crippen LogP) is 4.34. The van der Waals surface area contributed by atoms with Crippen molar-refractivity contribution in [3.8, 4) is 0 Å². The minimum absolute atomic E-state index is 0.0496. The molecule has 0 aliphatic carbocycles. The smallest absolute Gasteiger partial charge is 0.359 e. The van der Waals surface area contributed by atoms with Crippen molar-refractivity contribution in [2.45, 2.75) is 58.7 Å². The number of aliphatic hydroxyl groups is 1. The monoisotopic (exact) mass is 384 g/mol. The number of aliphatic carboxylic acids is 1. The van der Waals surface area contributed by atoms with Gasteiger partial charge in [-0.2, -0.15) is 0 Å². The summed E-state index contributed by atoms with van der Waals surface area (Å²) in [5, 5.41) is 21.5. The molecular formula is C24H34NO3+. The number of hydrogen-bond acceptors (Lipinski definition) is 2. The standard InChI is InChI=1S/C24H33NO3/c1-18(2)25(19(3)4,17-23(26)27)15-14-24(28,21-11-7-6-8-12-21)22-13-9-10-20(5)16-22/h6-13,16,18-19,28H,14-15,17H2,1-5H3/p+1. The number of carboxylic acid groups (broad SMARTS) is 1. The van der Waals surface area contributed by atoms with Crippen LogP contribution in [0.25, 0.3) is 0 Å². The Hall–Kier alpha value is -2.17. The highest BCUT2D eigenvalue weighted by Crippen LogP contribution is 2.35. The SMILES string of the molecule is Cc1cccc(C(O)(CC[N+](CC(=O)O)(C(C)C)C(C)C)c2ccccc2)c1. The van der Waals surface area contributed by atoms with Crippen molar-refractivity contribution in [2.24, 2.45) is 0 Å². The lowest BCUT2D eigenvalue weighted by atomic mass is 9.82. The number of rotatable bonds is 9. The predicted molar refractivity (Wildman–Crippen MR) is 113 cm³/mol. The molecule has 0 fully saturated rings. The lowest BCUT2D eigenvalue weighted by Crippen LogP contribution is -2.61. The van der Waals surface area contributed by atoms with Gasteiger partial charge in [0.25, 0.3) is 0 Å². The van der Waals surface area contributed by atoms with E-state index in [4.69, 9.17) is 0 Å². The Morgan fingerprint density at radius 3 is 2.04 bits per heavy atom. The van der Waals surface area contributed by atoms with E-state index in [0.29, 0.717) is 17.4 Å². The summed E-state index contributed by atoms with van der Waals surface area (Å²) in [6.07, 6.45) is 0.449. The van der Waals surface area contributed by atoms with Gasteiger partial charge in [-0.15, -0.1) is 0 Å². The molecule has 0 bridgehead atoms. The number of benzene rings is 2. The van der Waals surface area contributed by atoms with Gasteiger partial charge in [-0.25, -0.2) is 4.79 Å². The molecule has 0 aliphatic heterocycles. The summed E-state index contributed by atoms with van der Waals surface area (Å²) < 4.78 is 0.427. The van der Waals surface area contributed by atoms with Crippen molar-refractivity contribution in [1.29, 1.82) is 0 Å². The molecule has 4 heteroatoms. The fraction of sp³-hybridized carbons (Fsp3) is 0.458. The van der Waals surface area contributed by atoms with Crippen molar-refractivity contribution in [3.05, 3.63) is 71.3 Å². The van der Waals surface area contributed by atoms with Gasteiger partial charge in [-0.1, -0.05) is 60.2 Å². The van der Waals surface area contributed by atoms with Crippen LogP contribution in [-0.2, 0) is 10.4 Å². The molecular weight excluding hydrogens is 350 g/mol. The van der Waals surface area contributed by atoms with Gasteiger partial charge in [0.1, 0.15) is 5.60 Å². The van der Waals surface area contributed by atoms with Crippen LogP contribution in [0.2, 0.25) is 0 Å². The van der Waals surface area contributed by atoms with Crippen LogP contribution in [0.5, 0.6) is 0 Å². The van der Waals surface area contributed by atoms with Gasteiger partial charge in [-0.05, 0) is 45.7 Å². The van der Waals surface area contributed by atoms with E-state index >= 15 is 0 Å². The fourth-order valence-corrected chi connectivity index (χ4v) is 4.25. The van der Waals surface area contributed by atoms with Crippen molar-refractivity contribution in [2.75, 3.05) is 13.1 Å². The molecule has 152 valence electrons. The van der Waals surface area contributed by atoms with Crippen LogP contribution in [0.1, 0.15) is 50.8 Å². The van der Waals surface area contributed by atoms with Gasteiger partial charge < -0.3 is 14.7 Å². The quantitative estimate of drug-likeness (QED) is 0.632. The third-order valence-electron chi connectivity index (χ3n) is 6.12. The molecule has 2 aromatic carbocycles. The molecule has 0 spiro atoms. The summed E-state index contributed by atoms with van der Waals surface area (Å²) in [7, 11) is 0. The highest BCUT2D eigenvalue weighted by Gasteiger charge is 2.41. The zero-order chi connectivity index (χ0) is 20.9. The zero-order valence-corrected chi connectivity index (χ0v) is 17.7.